The molecule has 9 aromatic rings. The first kappa shape index (κ1) is 28.4. The Hall–Kier alpha value is -6.86. The van der Waals surface area contributed by atoms with Crippen molar-refractivity contribution >= 4 is 32.7 Å². The van der Waals surface area contributed by atoms with Crippen LogP contribution in [-0.2, 0) is 0 Å². The van der Waals surface area contributed by atoms with Crippen molar-refractivity contribution in [2.75, 3.05) is 0 Å². The number of hydrogen-bond acceptors (Lipinski definition) is 4. The van der Waals surface area contributed by atoms with Crippen LogP contribution in [0.1, 0.15) is 0 Å². The Morgan fingerprint density at radius 2 is 0.878 bits per heavy atom. The van der Waals surface area contributed by atoms with Gasteiger partial charge in [0.2, 0.25) is 5.95 Å². The van der Waals surface area contributed by atoms with E-state index in [9.17, 15) is 9.59 Å². The van der Waals surface area contributed by atoms with E-state index in [2.05, 4.69) is 0 Å². The molecule has 0 saturated carbocycles. The third-order valence-electron chi connectivity index (χ3n) is 8.94. The normalized spacial score (nSPS) is 11.4. The summed E-state index contributed by atoms with van der Waals surface area (Å²) in [7, 11) is 0. The van der Waals surface area contributed by atoms with Gasteiger partial charge in [0.15, 0.2) is 0 Å². The Kier molecular flexibility index (Phi) is 6.62. The molecule has 7 heteroatoms. The van der Waals surface area contributed by atoms with E-state index >= 15 is 0 Å². The van der Waals surface area contributed by atoms with Gasteiger partial charge in [-0.25, -0.2) is 19.3 Å². The number of para-hydroxylation sites is 3. The summed E-state index contributed by atoms with van der Waals surface area (Å²) in [5, 5.41) is 2.01. The highest BCUT2D eigenvalue weighted by Crippen LogP contribution is 2.36. The Bertz CT molecular complexity index is 2730. The van der Waals surface area contributed by atoms with Gasteiger partial charge in [-0.1, -0.05) is 115 Å². The molecule has 49 heavy (non-hydrogen) atoms. The van der Waals surface area contributed by atoms with Crippen LogP contribution < -0.4 is 11.2 Å². The van der Waals surface area contributed by atoms with Gasteiger partial charge in [-0.05, 0) is 48.5 Å². The number of rotatable bonds is 5. The van der Waals surface area contributed by atoms with Crippen LogP contribution in [0.5, 0.6) is 0 Å². The molecule has 0 aliphatic rings. The fraction of sp³-hybridized carbons (Fsp3) is 0. The van der Waals surface area contributed by atoms with E-state index in [-0.39, 0.29) is 0 Å². The summed E-state index contributed by atoms with van der Waals surface area (Å²) in [5.74, 6) is 0.477. The lowest BCUT2D eigenvalue weighted by Crippen LogP contribution is -2.38. The lowest BCUT2D eigenvalue weighted by Gasteiger charge is -2.15. The molecule has 3 aromatic heterocycles. The molecular weight excluding hydrogens is 606 g/mol. The monoisotopic (exact) mass is 633 g/mol. The first-order valence-corrected chi connectivity index (χ1v) is 16.0. The van der Waals surface area contributed by atoms with Crippen molar-refractivity contribution in [2.24, 2.45) is 0 Å². The standard InChI is InChI=1S/C42H27N5O2/c48-40-39-37(45(30-19-9-3-10-20-30)42(49)46(40)31-21-11-4-12-22-31)26-25-36-38(39)32-23-13-14-24-35(32)47(36)41-43-33(28-15-5-1-6-16-28)27-34(44-41)29-17-7-2-8-18-29/h1-27H. The Balaban J connectivity index is 1.44. The van der Waals surface area contributed by atoms with Gasteiger partial charge in [0.1, 0.15) is 0 Å². The molecule has 0 N–H and O–H groups in total. The maximum absolute atomic E-state index is 14.7. The van der Waals surface area contributed by atoms with Crippen molar-refractivity contribution in [3.63, 3.8) is 0 Å². The van der Waals surface area contributed by atoms with E-state index in [1.165, 1.54) is 4.57 Å². The van der Waals surface area contributed by atoms with Gasteiger partial charge in [0.25, 0.3) is 5.56 Å². The minimum atomic E-state index is -0.440. The topological polar surface area (TPSA) is 74.7 Å². The summed E-state index contributed by atoms with van der Waals surface area (Å²) in [6.07, 6.45) is 0. The zero-order chi connectivity index (χ0) is 32.9. The lowest BCUT2D eigenvalue weighted by atomic mass is 10.1. The predicted molar refractivity (Wildman–Crippen MR) is 196 cm³/mol. The van der Waals surface area contributed by atoms with E-state index in [0.29, 0.717) is 28.2 Å². The average molecular weight is 634 g/mol. The highest BCUT2D eigenvalue weighted by atomic mass is 16.2. The Labute approximate surface area is 280 Å². The second-order valence-corrected chi connectivity index (χ2v) is 11.8. The largest absolute Gasteiger partial charge is 0.340 e. The molecule has 3 heterocycles. The maximum atomic E-state index is 14.7. The van der Waals surface area contributed by atoms with Crippen LogP contribution in [0.3, 0.4) is 0 Å². The zero-order valence-corrected chi connectivity index (χ0v) is 26.1. The van der Waals surface area contributed by atoms with Crippen molar-refractivity contribution in [3.05, 3.63) is 185 Å². The van der Waals surface area contributed by atoms with Crippen LogP contribution in [0.15, 0.2) is 173 Å². The second kappa shape index (κ2) is 11.4. The molecule has 9 rings (SSSR count). The van der Waals surface area contributed by atoms with Crippen molar-refractivity contribution in [1.29, 1.82) is 0 Å². The van der Waals surface area contributed by atoms with Gasteiger partial charge >= 0.3 is 5.69 Å². The van der Waals surface area contributed by atoms with Crippen LogP contribution in [0.2, 0.25) is 0 Å². The smallest absolute Gasteiger partial charge is 0.278 e. The summed E-state index contributed by atoms with van der Waals surface area (Å²) in [4.78, 5) is 39.3. The first-order valence-electron chi connectivity index (χ1n) is 16.0. The fourth-order valence-electron chi connectivity index (χ4n) is 6.75. The molecule has 0 fully saturated rings. The average Bonchev–Trinajstić information content (AvgIpc) is 3.51. The number of fused-ring (bicyclic) bond motifs is 5. The van der Waals surface area contributed by atoms with Crippen molar-refractivity contribution < 1.29 is 0 Å². The van der Waals surface area contributed by atoms with E-state index in [1.54, 1.807) is 16.7 Å². The Morgan fingerprint density at radius 1 is 0.408 bits per heavy atom. The molecule has 0 spiro atoms. The molecule has 232 valence electrons. The number of nitrogens with zero attached hydrogens (tertiary/aromatic N) is 5. The van der Waals surface area contributed by atoms with Gasteiger partial charge in [-0.2, -0.15) is 0 Å². The second-order valence-electron chi connectivity index (χ2n) is 11.8. The first-order chi connectivity index (χ1) is 24.2. The SMILES string of the molecule is O=c1c2c3c4ccccc4n(-c4nc(-c5ccccc5)cc(-c5ccccc5)n4)c3ccc2n(-c2ccccc2)c(=O)n1-c1ccccc1. The van der Waals surface area contributed by atoms with Gasteiger partial charge in [-0.3, -0.25) is 13.9 Å². The summed E-state index contributed by atoms with van der Waals surface area (Å²) in [6, 6.07) is 52.4. The quantitative estimate of drug-likeness (QED) is 0.191. The van der Waals surface area contributed by atoms with Gasteiger partial charge < -0.3 is 0 Å². The molecular formula is C42H27N5O2. The van der Waals surface area contributed by atoms with Crippen molar-refractivity contribution in [1.82, 2.24) is 23.7 Å². The number of hydrogen-bond donors (Lipinski definition) is 0. The van der Waals surface area contributed by atoms with E-state index in [0.717, 1.165) is 44.3 Å². The van der Waals surface area contributed by atoms with Crippen LogP contribution in [0.4, 0.5) is 0 Å². The molecule has 0 aliphatic heterocycles. The van der Waals surface area contributed by atoms with Crippen LogP contribution in [0.25, 0.3) is 72.5 Å². The highest BCUT2D eigenvalue weighted by Gasteiger charge is 2.23. The van der Waals surface area contributed by atoms with E-state index in [4.69, 9.17) is 9.97 Å². The molecule has 0 atom stereocenters. The van der Waals surface area contributed by atoms with Gasteiger partial charge in [-0.15, -0.1) is 0 Å². The zero-order valence-electron chi connectivity index (χ0n) is 26.1. The molecule has 0 amide bonds. The predicted octanol–water partition coefficient (Wildman–Crippen LogP) is 8.36. The van der Waals surface area contributed by atoms with Crippen LogP contribution in [-0.4, -0.2) is 23.7 Å². The molecule has 6 aromatic carbocycles. The minimum absolute atomic E-state index is 0.393. The molecule has 0 bridgehead atoms. The summed E-state index contributed by atoms with van der Waals surface area (Å²) in [5.41, 5.74) is 5.94. The van der Waals surface area contributed by atoms with E-state index < -0.39 is 11.2 Å². The highest BCUT2D eigenvalue weighted by molar-refractivity contribution is 6.20. The van der Waals surface area contributed by atoms with Crippen molar-refractivity contribution in [3.8, 4) is 39.8 Å². The van der Waals surface area contributed by atoms with Gasteiger partial charge in [0, 0.05) is 21.9 Å². The molecule has 0 radical (unpaired) electrons. The fourth-order valence-corrected chi connectivity index (χ4v) is 6.75. The number of aromatic nitrogens is 5. The van der Waals surface area contributed by atoms with E-state index in [1.807, 2.05) is 156 Å². The number of benzene rings is 6. The van der Waals surface area contributed by atoms with Crippen LogP contribution >= 0.6 is 0 Å². The third kappa shape index (κ3) is 4.59. The summed E-state index contributed by atoms with van der Waals surface area (Å²) >= 11 is 0. The summed E-state index contributed by atoms with van der Waals surface area (Å²) in [6.45, 7) is 0. The van der Waals surface area contributed by atoms with Crippen molar-refractivity contribution in [2.45, 2.75) is 0 Å². The third-order valence-corrected chi connectivity index (χ3v) is 8.94. The molecule has 0 aliphatic carbocycles. The summed E-state index contributed by atoms with van der Waals surface area (Å²) < 4.78 is 4.91. The van der Waals surface area contributed by atoms with Crippen LogP contribution in [0, 0.1) is 0 Å². The minimum Gasteiger partial charge on any atom is -0.278 e. The molecule has 7 nitrogen and oxygen atoms in total. The molecule has 0 unspecified atom stereocenters. The van der Waals surface area contributed by atoms with Gasteiger partial charge in [0.05, 0.1) is 44.7 Å². The Morgan fingerprint density at radius 3 is 1.45 bits per heavy atom. The molecule has 0 saturated heterocycles. The lowest BCUT2D eigenvalue weighted by molar-refractivity contribution is 0.836. The maximum Gasteiger partial charge on any atom is 0.340 e.